The zero-order chi connectivity index (χ0) is 14.4. The summed E-state index contributed by atoms with van der Waals surface area (Å²) in [4.78, 5) is 10.9. The molecule has 3 nitrogen and oxygen atoms in total. The van der Waals surface area contributed by atoms with E-state index in [0.29, 0.717) is 12.0 Å². The number of carbonyl (C=O) groups excluding carboxylic acids is 1. The van der Waals surface area contributed by atoms with Crippen LogP contribution in [0, 0.1) is 5.82 Å². The SMILES string of the molecule is NC(=O)CNC(Cc1ccccc1)c1ccccc1F. The Balaban J connectivity index is 2.20. The summed E-state index contributed by atoms with van der Waals surface area (Å²) in [5, 5.41) is 3.01. The minimum atomic E-state index is -0.459. The van der Waals surface area contributed by atoms with Crippen LogP contribution >= 0.6 is 0 Å². The minimum absolute atomic E-state index is 0.0197. The van der Waals surface area contributed by atoms with Crippen LogP contribution in [0.3, 0.4) is 0 Å². The molecule has 0 aliphatic heterocycles. The molecule has 1 unspecified atom stereocenters. The predicted octanol–water partition coefficient (Wildman–Crippen LogP) is 2.18. The molecule has 3 N–H and O–H groups in total. The van der Waals surface area contributed by atoms with Crippen molar-refractivity contribution in [2.75, 3.05) is 6.54 Å². The average molecular weight is 272 g/mol. The summed E-state index contributed by atoms with van der Waals surface area (Å²) in [5.41, 5.74) is 6.76. The Bertz CT molecular complexity index is 572. The summed E-state index contributed by atoms with van der Waals surface area (Å²) >= 11 is 0. The second kappa shape index (κ2) is 6.82. The highest BCUT2D eigenvalue weighted by Crippen LogP contribution is 2.21. The van der Waals surface area contributed by atoms with Gasteiger partial charge in [0.05, 0.1) is 6.54 Å². The van der Waals surface area contributed by atoms with Crippen LogP contribution < -0.4 is 11.1 Å². The molecule has 0 spiro atoms. The number of nitrogens with one attached hydrogen (secondary N) is 1. The molecule has 0 fully saturated rings. The van der Waals surface area contributed by atoms with E-state index in [1.165, 1.54) is 6.07 Å². The van der Waals surface area contributed by atoms with E-state index in [4.69, 9.17) is 5.73 Å². The van der Waals surface area contributed by atoms with Gasteiger partial charge in [-0.3, -0.25) is 4.79 Å². The lowest BCUT2D eigenvalue weighted by atomic mass is 9.98. The van der Waals surface area contributed by atoms with Crippen molar-refractivity contribution in [3.8, 4) is 0 Å². The van der Waals surface area contributed by atoms with E-state index in [9.17, 15) is 9.18 Å². The largest absolute Gasteiger partial charge is 0.369 e. The van der Waals surface area contributed by atoms with Crippen molar-refractivity contribution in [3.63, 3.8) is 0 Å². The number of nitrogens with two attached hydrogens (primary N) is 1. The highest BCUT2D eigenvalue weighted by molar-refractivity contribution is 5.75. The maximum absolute atomic E-state index is 13.9. The monoisotopic (exact) mass is 272 g/mol. The van der Waals surface area contributed by atoms with Crippen LogP contribution in [-0.2, 0) is 11.2 Å². The molecule has 1 amide bonds. The van der Waals surface area contributed by atoms with Gasteiger partial charge in [0, 0.05) is 11.6 Å². The second-order valence-electron chi connectivity index (χ2n) is 4.61. The number of hydrogen-bond donors (Lipinski definition) is 2. The van der Waals surface area contributed by atoms with E-state index in [2.05, 4.69) is 5.32 Å². The number of carbonyl (C=O) groups is 1. The van der Waals surface area contributed by atoms with Crippen molar-refractivity contribution in [2.24, 2.45) is 5.73 Å². The van der Waals surface area contributed by atoms with Crippen LogP contribution in [0.15, 0.2) is 54.6 Å². The van der Waals surface area contributed by atoms with Crippen LogP contribution in [0.5, 0.6) is 0 Å². The van der Waals surface area contributed by atoms with Crippen molar-refractivity contribution >= 4 is 5.91 Å². The maximum atomic E-state index is 13.9. The molecule has 0 saturated heterocycles. The molecule has 20 heavy (non-hydrogen) atoms. The second-order valence-corrected chi connectivity index (χ2v) is 4.61. The van der Waals surface area contributed by atoms with Crippen LogP contribution in [0.1, 0.15) is 17.2 Å². The van der Waals surface area contributed by atoms with Crippen molar-refractivity contribution in [1.82, 2.24) is 5.32 Å². The first-order valence-electron chi connectivity index (χ1n) is 6.47. The smallest absolute Gasteiger partial charge is 0.231 e. The molecule has 0 aromatic heterocycles. The Morgan fingerprint density at radius 3 is 2.40 bits per heavy atom. The zero-order valence-electron chi connectivity index (χ0n) is 11.1. The molecule has 2 aromatic rings. The Morgan fingerprint density at radius 2 is 1.75 bits per heavy atom. The van der Waals surface area contributed by atoms with E-state index < -0.39 is 5.91 Å². The van der Waals surface area contributed by atoms with Gasteiger partial charge in [0.15, 0.2) is 0 Å². The normalized spacial score (nSPS) is 12.1. The van der Waals surface area contributed by atoms with Crippen LogP contribution in [-0.4, -0.2) is 12.5 Å². The molecule has 0 saturated carbocycles. The van der Waals surface area contributed by atoms with Gasteiger partial charge in [-0.05, 0) is 18.1 Å². The van der Waals surface area contributed by atoms with Gasteiger partial charge in [-0.15, -0.1) is 0 Å². The first kappa shape index (κ1) is 14.2. The van der Waals surface area contributed by atoms with Gasteiger partial charge >= 0.3 is 0 Å². The van der Waals surface area contributed by atoms with E-state index >= 15 is 0 Å². The highest BCUT2D eigenvalue weighted by atomic mass is 19.1. The average Bonchev–Trinajstić information content (AvgIpc) is 2.45. The Labute approximate surface area is 117 Å². The molecule has 0 aliphatic rings. The molecular formula is C16H17FN2O. The predicted molar refractivity (Wildman–Crippen MR) is 76.5 cm³/mol. The standard InChI is InChI=1S/C16H17FN2O/c17-14-9-5-4-8-13(14)15(19-11-16(18)20)10-12-6-2-1-3-7-12/h1-9,15,19H,10-11H2,(H2,18,20). The van der Waals surface area contributed by atoms with E-state index in [0.717, 1.165) is 5.56 Å². The number of rotatable bonds is 6. The Kier molecular flexibility index (Phi) is 4.85. The van der Waals surface area contributed by atoms with E-state index in [1.54, 1.807) is 18.2 Å². The van der Waals surface area contributed by atoms with Crippen LogP contribution in [0.4, 0.5) is 4.39 Å². The lowest BCUT2D eigenvalue weighted by Crippen LogP contribution is -2.33. The molecule has 0 radical (unpaired) electrons. The van der Waals surface area contributed by atoms with Gasteiger partial charge in [0.2, 0.25) is 5.91 Å². The summed E-state index contributed by atoms with van der Waals surface area (Å²) in [7, 11) is 0. The first-order valence-corrected chi connectivity index (χ1v) is 6.47. The van der Waals surface area contributed by atoms with Crippen LogP contribution in [0.2, 0.25) is 0 Å². The number of primary amides is 1. The van der Waals surface area contributed by atoms with Crippen molar-refractivity contribution in [1.29, 1.82) is 0 Å². The Hall–Kier alpha value is -2.20. The van der Waals surface area contributed by atoms with Gasteiger partial charge in [-0.1, -0.05) is 48.5 Å². The quantitative estimate of drug-likeness (QED) is 0.847. The molecule has 4 heteroatoms. The third kappa shape index (κ3) is 3.90. The molecule has 2 rings (SSSR count). The third-order valence-electron chi connectivity index (χ3n) is 3.09. The fourth-order valence-corrected chi connectivity index (χ4v) is 2.12. The fraction of sp³-hybridized carbons (Fsp3) is 0.188. The van der Waals surface area contributed by atoms with Crippen molar-refractivity contribution < 1.29 is 9.18 Å². The number of benzene rings is 2. The summed E-state index contributed by atoms with van der Waals surface area (Å²) in [6.45, 7) is 0.0197. The molecule has 2 aromatic carbocycles. The van der Waals surface area contributed by atoms with Gasteiger partial charge in [-0.2, -0.15) is 0 Å². The molecule has 1 atom stereocenters. The van der Waals surface area contributed by atoms with E-state index in [-0.39, 0.29) is 18.4 Å². The number of hydrogen-bond acceptors (Lipinski definition) is 2. The summed E-state index contributed by atoms with van der Waals surface area (Å²) in [5.74, 6) is -0.746. The Morgan fingerprint density at radius 1 is 1.10 bits per heavy atom. The first-order chi connectivity index (χ1) is 9.66. The summed E-state index contributed by atoms with van der Waals surface area (Å²) in [6.07, 6.45) is 0.592. The highest BCUT2D eigenvalue weighted by Gasteiger charge is 2.16. The molecule has 104 valence electrons. The molecule has 0 heterocycles. The zero-order valence-corrected chi connectivity index (χ0v) is 11.1. The van der Waals surface area contributed by atoms with Gasteiger partial charge in [0.25, 0.3) is 0 Å². The van der Waals surface area contributed by atoms with E-state index in [1.807, 2.05) is 30.3 Å². The molecule has 0 aliphatic carbocycles. The number of halogens is 1. The lowest BCUT2D eigenvalue weighted by Gasteiger charge is -2.19. The lowest BCUT2D eigenvalue weighted by molar-refractivity contribution is -0.117. The topological polar surface area (TPSA) is 55.1 Å². The van der Waals surface area contributed by atoms with Gasteiger partial charge in [-0.25, -0.2) is 4.39 Å². The van der Waals surface area contributed by atoms with Crippen molar-refractivity contribution in [3.05, 3.63) is 71.5 Å². The van der Waals surface area contributed by atoms with Gasteiger partial charge < -0.3 is 11.1 Å². The van der Waals surface area contributed by atoms with Gasteiger partial charge in [0.1, 0.15) is 5.82 Å². The number of amides is 1. The molecular weight excluding hydrogens is 255 g/mol. The van der Waals surface area contributed by atoms with Crippen molar-refractivity contribution in [2.45, 2.75) is 12.5 Å². The maximum Gasteiger partial charge on any atom is 0.231 e. The summed E-state index contributed by atoms with van der Waals surface area (Å²) < 4.78 is 13.9. The fourth-order valence-electron chi connectivity index (χ4n) is 2.12. The van der Waals surface area contributed by atoms with Crippen LogP contribution in [0.25, 0.3) is 0 Å². The third-order valence-corrected chi connectivity index (χ3v) is 3.09. The molecule has 0 bridgehead atoms. The summed E-state index contributed by atoms with van der Waals surface area (Å²) in [6, 6.07) is 16.0. The minimum Gasteiger partial charge on any atom is -0.369 e.